The van der Waals surface area contributed by atoms with Gasteiger partial charge in [0.15, 0.2) is 0 Å². The van der Waals surface area contributed by atoms with Crippen LogP contribution in [0.5, 0.6) is 0 Å². The largest absolute Gasteiger partial charge is 0.386 e. The van der Waals surface area contributed by atoms with Gasteiger partial charge in [-0.1, -0.05) is 48.6 Å². The molecule has 0 amide bonds. The summed E-state index contributed by atoms with van der Waals surface area (Å²) in [5.41, 5.74) is 1.12. The lowest BCUT2D eigenvalue weighted by atomic mass is 10.1. The summed E-state index contributed by atoms with van der Waals surface area (Å²) in [6, 6.07) is 9.96. The number of hydrogen-bond acceptors (Lipinski definition) is 3. The van der Waals surface area contributed by atoms with Crippen LogP contribution in [0.2, 0.25) is 0 Å². The fourth-order valence-corrected chi connectivity index (χ4v) is 2.02. The van der Waals surface area contributed by atoms with E-state index in [-0.39, 0.29) is 12.2 Å². The Morgan fingerprint density at radius 2 is 2.05 bits per heavy atom. The van der Waals surface area contributed by atoms with Crippen molar-refractivity contribution in [2.75, 3.05) is 6.61 Å². The first-order valence-corrected chi connectivity index (χ1v) is 6.54. The lowest BCUT2D eigenvalue weighted by molar-refractivity contribution is -0.0950. The smallest absolute Gasteiger partial charge is 0.111 e. The van der Waals surface area contributed by atoms with E-state index in [1.807, 2.05) is 42.5 Å². The Hall–Kier alpha value is -1.42. The van der Waals surface area contributed by atoms with Crippen LogP contribution in [0.1, 0.15) is 12.0 Å². The lowest BCUT2D eigenvalue weighted by Crippen LogP contribution is -2.38. The number of hydrogen-bond donors (Lipinski definition) is 1. The van der Waals surface area contributed by atoms with Crippen LogP contribution in [-0.2, 0) is 16.1 Å². The fraction of sp³-hybridized carbons (Fsp3) is 0.375. The van der Waals surface area contributed by atoms with E-state index in [4.69, 9.17) is 9.47 Å². The van der Waals surface area contributed by atoms with Crippen molar-refractivity contribution in [2.45, 2.75) is 31.3 Å². The van der Waals surface area contributed by atoms with Gasteiger partial charge < -0.3 is 14.6 Å². The van der Waals surface area contributed by atoms with Crippen LogP contribution >= 0.6 is 0 Å². The monoisotopic (exact) mass is 260 g/mol. The molecule has 1 aliphatic rings. The van der Waals surface area contributed by atoms with E-state index in [2.05, 4.69) is 6.58 Å². The Labute approximate surface area is 114 Å². The summed E-state index contributed by atoms with van der Waals surface area (Å²) in [6.45, 7) is 4.61. The predicted octanol–water partition coefficient (Wildman–Crippen LogP) is 2.46. The molecule has 0 saturated carbocycles. The van der Waals surface area contributed by atoms with Crippen LogP contribution in [0.15, 0.2) is 55.1 Å². The third kappa shape index (κ3) is 4.31. The van der Waals surface area contributed by atoms with E-state index in [9.17, 15) is 5.11 Å². The van der Waals surface area contributed by atoms with Gasteiger partial charge in [-0.3, -0.25) is 0 Å². The zero-order valence-corrected chi connectivity index (χ0v) is 10.9. The first kappa shape index (κ1) is 14.0. The minimum absolute atomic E-state index is 0.00812. The van der Waals surface area contributed by atoms with Crippen molar-refractivity contribution in [1.29, 1.82) is 0 Å². The van der Waals surface area contributed by atoms with E-state index in [1.54, 1.807) is 6.08 Å². The Kier molecular flexibility index (Phi) is 5.33. The van der Waals surface area contributed by atoms with Crippen molar-refractivity contribution < 1.29 is 14.6 Å². The molecule has 1 heterocycles. The number of ether oxygens (including phenoxy) is 2. The summed E-state index contributed by atoms with van der Waals surface area (Å²) in [5.74, 6) is 0. The zero-order chi connectivity index (χ0) is 13.5. The Morgan fingerprint density at radius 3 is 2.79 bits per heavy atom. The molecule has 102 valence electrons. The normalized spacial score (nSPS) is 26.3. The highest BCUT2D eigenvalue weighted by molar-refractivity contribution is 5.13. The van der Waals surface area contributed by atoms with Crippen molar-refractivity contribution in [2.24, 2.45) is 0 Å². The topological polar surface area (TPSA) is 38.7 Å². The molecular weight excluding hydrogens is 240 g/mol. The summed E-state index contributed by atoms with van der Waals surface area (Å²) >= 11 is 0. The highest BCUT2D eigenvalue weighted by Crippen LogP contribution is 2.16. The summed E-state index contributed by atoms with van der Waals surface area (Å²) < 4.78 is 11.4. The molecule has 2 rings (SSSR count). The summed E-state index contributed by atoms with van der Waals surface area (Å²) in [5, 5.41) is 9.83. The Morgan fingerprint density at radius 1 is 1.26 bits per heavy atom. The number of benzene rings is 1. The van der Waals surface area contributed by atoms with Crippen molar-refractivity contribution >= 4 is 0 Å². The van der Waals surface area contributed by atoms with Gasteiger partial charge in [0.05, 0.1) is 19.3 Å². The molecule has 3 atom stereocenters. The second-order valence-corrected chi connectivity index (χ2v) is 4.61. The average molecular weight is 260 g/mol. The lowest BCUT2D eigenvalue weighted by Gasteiger charge is -2.29. The second kappa shape index (κ2) is 7.24. The van der Waals surface area contributed by atoms with Crippen molar-refractivity contribution in [3.05, 3.63) is 60.7 Å². The highest BCUT2D eigenvalue weighted by atomic mass is 16.5. The maximum atomic E-state index is 9.83. The molecule has 0 aliphatic carbocycles. The van der Waals surface area contributed by atoms with Crippen molar-refractivity contribution in [3.8, 4) is 0 Å². The van der Waals surface area contributed by atoms with E-state index in [0.29, 0.717) is 13.2 Å². The van der Waals surface area contributed by atoms with Crippen LogP contribution < -0.4 is 0 Å². The molecular formula is C16H20O3. The molecule has 1 aliphatic heterocycles. The minimum Gasteiger partial charge on any atom is -0.386 e. The number of aliphatic hydroxyl groups is 1. The molecule has 0 spiro atoms. The van der Waals surface area contributed by atoms with Gasteiger partial charge in [0, 0.05) is 0 Å². The molecule has 3 nitrogen and oxygen atoms in total. The molecule has 1 aromatic carbocycles. The van der Waals surface area contributed by atoms with Gasteiger partial charge in [-0.05, 0) is 12.0 Å². The molecule has 1 aromatic rings. The van der Waals surface area contributed by atoms with Gasteiger partial charge >= 0.3 is 0 Å². The van der Waals surface area contributed by atoms with Gasteiger partial charge in [-0.15, -0.1) is 6.58 Å². The molecule has 0 unspecified atom stereocenters. The van der Waals surface area contributed by atoms with Gasteiger partial charge in [-0.2, -0.15) is 0 Å². The Balaban J connectivity index is 1.79. The second-order valence-electron chi connectivity index (χ2n) is 4.61. The first-order valence-electron chi connectivity index (χ1n) is 6.54. The van der Waals surface area contributed by atoms with E-state index in [1.165, 1.54) is 0 Å². The molecule has 19 heavy (non-hydrogen) atoms. The van der Waals surface area contributed by atoms with Gasteiger partial charge in [0.2, 0.25) is 0 Å². The summed E-state index contributed by atoms with van der Waals surface area (Å²) in [7, 11) is 0. The summed E-state index contributed by atoms with van der Waals surface area (Å²) in [6.07, 6.45) is 5.29. The molecule has 0 radical (unpaired) electrons. The van der Waals surface area contributed by atoms with Crippen molar-refractivity contribution in [3.63, 3.8) is 0 Å². The van der Waals surface area contributed by atoms with Crippen LogP contribution in [0, 0.1) is 0 Å². The van der Waals surface area contributed by atoms with Crippen LogP contribution in [0.4, 0.5) is 0 Å². The molecule has 3 heteroatoms. The third-order valence-electron chi connectivity index (χ3n) is 3.05. The quantitative estimate of drug-likeness (QED) is 0.799. The van der Waals surface area contributed by atoms with Gasteiger partial charge in [0.25, 0.3) is 0 Å². The molecule has 0 saturated heterocycles. The Bertz CT molecular complexity index is 413. The van der Waals surface area contributed by atoms with Crippen molar-refractivity contribution in [1.82, 2.24) is 0 Å². The zero-order valence-electron chi connectivity index (χ0n) is 10.9. The van der Waals surface area contributed by atoms with E-state index >= 15 is 0 Å². The minimum atomic E-state index is -0.600. The maximum absolute atomic E-state index is 9.83. The number of rotatable bonds is 6. The van der Waals surface area contributed by atoms with E-state index < -0.39 is 6.10 Å². The molecule has 0 aromatic heterocycles. The standard InChI is InChI=1S/C16H20O3/c1-2-6-14-9-10-15(17)16(19-14)12-18-11-13-7-4-3-5-8-13/h2-5,7-10,14-17H,1,6,11-12H2/t14-,15+,16-/m1/s1. The van der Waals surface area contributed by atoms with Gasteiger partial charge in [-0.25, -0.2) is 0 Å². The fourth-order valence-electron chi connectivity index (χ4n) is 2.02. The van der Waals surface area contributed by atoms with E-state index in [0.717, 1.165) is 12.0 Å². The van der Waals surface area contributed by atoms with Crippen LogP contribution in [0.3, 0.4) is 0 Å². The SMILES string of the molecule is C=CC[C@@H]1C=C[C@H](O)[C@@H](COCc2ccccc2)O1. The van der Waals surface area contributed by atoms with Crippen LogP contribution in [-0.4, -0.2) is 30.0 Å². The molecule has 0 fully saturated rings. The molecule has 1 N–H and O–H groups in total. The van der Waals surface area contributed by atoms with Crippen LogP contribution in [0.25, 0.3) is 0 Å². The average Bonchev–Trinajstić information content (AvgIpc) is 2.44. The molecule has 0 bridgehead atoms. The summed E-state index contributed by atoms with van der Waals surface area (Å²) in [4.78, 5) is 0. The third-order valence-corrected chi connectivity index (χ3v) is 3.05. The number of aliphatic hydroxyl groups excluding tert-OH is 1. The highest BCUT2D eigenvalue weighted by Gasteiger charge is 2.25. The predicted molar refractivity (Wildman–Crippen MR) is 74.7 cm³/mol. The first-order chi connectivity index (χ1) is 9.29. The van der Waals surface area contributed by atoms with Gasteiger partial charge in [0.1, 0.15) is 12.2 Å². The maximum Gasteiger partial charge on any atom is 0.111 e.